The molecule has 1 aliphatic carbocycles. The summed E-state index contributed by atoms with van der Waals surface area (Å²) in [4.78, 5) is 3.06. The Bertz CT molecular complexity index is 267. The van der Waals surface area contributed by atoms with E-state index >= 15 is 0 Å². The lowest BCUT2D eigenvalue weighted by atomic mass is 10.3. The van der Waals surface area contributed by atoms with Crippen molar-refractivity contribution in [1.82, 2.24) is 0 Å². The summed E-state index contributed by atoms with van der Waals surface area (Å²) in [5.41, 5.74) is 0. The van der Waals surface area contributed by atoms with Crippen LogP contribution in [0.25, 0.3) is 0 Å². The van der Waals surface area contributed by atoms with Crippen molar-refractivity contribution in [3.63, 3.8) is 0 Å². The average molecular weight is 201 g/mol. The molecule has 2 unspecified atom stereocenters. The first-order chi connectivity index (χ1) is 5.85. The SMILES string of the molecule is CCc1ccc(C2CC2CCl)s1. The van der Waals surface area contributed by atoms with Crippen molar-refractivity contribution in [3.05, 3.63) is 21.9 Å². The lowest BCUT2D eigenvalue weighted by molar-refractivity contribution is 0.935. The van der Waals surface area contributed by atoms with E-state index in [4.69, 9.17) is 11.6 Å². The van der Waals surface area contributed by atoms with Crippen LogP contribution in [-0.2, 0) is 6.42 Å². The van der Waals surface area contributed by atoms with Crippen LogP contribution >= 0.6 is 22.9 Å². The van der Waals surface area contributed by atoms with E-state index in [1.165, 1.54) is 17.7 Å². The number of halogens is 1. The van der Waals surface area contributed by atoms with Crippen molar-refractivity contribution in [2.24, 2.45) is 5.92 Å². The predicted octanol–water partition coefficient (Wildman–Crippen LogP) is 3.65. The van der Waals surface area contributed by atoms with Crippen molar-refractivity contribution in [3.8, 4) is 0 Å². The van der Waals surface area contributed by atoms with Gasteiger partial charge in [0.1, 0.15) is 0 Å². The van der Waals surface area contributed by atoms with Crippen molar-refractivity contribution < 1.29 is 0 Å². The van der Waals surface area contributed by atoms with E-state index in [1.807, 2.05) is 11.3 Å². The van der Waals surface area contributed by atoms with Gasteiger partial charge in [-0.25, -0.2) is 0 Å². The second-order valence-electron chi connectivity index (χ2n) is 3.41. The molecule has 0 bridgehead atoms. The third-order valence-corrected chi connectivity index (χ3v) is 4.28. The van der Waals surface area contributed by atoms with Crippen LogP contribution in [0.3, 0.4) is 0 Å². The number of alkyl halides is 1. The fourth-order valence-electron chi connectivity index (χ4n) is 1.55. The van der Waals surface area contributed by atoms with Crippen LogP contribution in [0.4, 0.5) is 0 Å². The molecule has 1 saturated carbocycles. The molecule has 1 heterocycles. The zero-order valence-electron chi connectivity index (χ0n) is 7.22. The molecule has 12 heavy (non-hydrogen) atoms. The number of hydrogen-bond donors (Lipinski definition) is 0. The third-order valence-electron chi connectivity index (χ3n) is 2.52. The maximum atomic E-state index is 5.79. The number of aryl methyl sites for hydroxylation is 1. The summed E-state index contributed by atoms with van der Waals surface area (Å²) in [6.45, 7) is 2.21. The van der Waals surface area contributed by atoms with E-state index < -0.39 is 0 Å². The van der Waals surface area contributed by atoms with Crippen molar-refractivity contribution in [2.75, 3.05) is 5.88 Å². The molecular weight excluding hydrogens is 188 g/mol. The highest BCUT2D eigenvalue weighted by molar-refractivity contribution is 7.12. The molecule has 0 nitrogen and oxygen atoms in total. The minimum absolute atomic E-state index is 0.773. The smallest absolute Gasteiger partial charge is 0.0258 e. The third kappa shape index (κ3) is 1.53. The largest absolute Gasteiger partial charge is 0.145 e. The Hall–Kier alpha value is -0.0100. The van der Waals surface area contributed by atoms with E-state index in [1.54, 1.807) is 4.88 Å². The van der Waals surface area contributed by atoms with Crippen LogP contribution in [-0.4, -0.2) is 5.88 Å². The molecule has 1 aromatic heterocycles. The highest BCUT2D eigenvalue weighted by Crippen LogP contribution is 2.50. The van der Waals surface area contributed by atoms with Gasteiger partial charge in [0.25, 0.3) is 0 Å². The van der Waals surface area contributed by atoms with Crippen molar-refractivity contribution in [2.45, 2.75) is 25.7 Å². The van der Waals surface area contributed by atoms with Crippen LogP contribution < -0.4 is 0 Å². The second kappa shape index (κ2) is 3.39. The molecule has 0 spiro atoms. The standard InChI is InChI=1S/C10H13ClS/c1-2-8-3-4-10(12-8)9-5-7(9)6-11/h3-4,7,9H,2,5-6H2,1H3. The predicted molar refractivity (Wildman–Crippen MR) is 55.3 cm³/mol. The highest BCUT2D eigenvalue weighted by atomic mass is 35.5. The molecule has 0 aliphatic heterocycles. The van der Waals surface area contributed by atoms with Gasteiger partial charge in [0.15, 0.2) is 0 Å². The van der Waals surface area contributed by atoms with Gasteiger partial charge in [-0.2, -0.15) is 0 Å². The summed E-state index contributed by atoms with van der Waals surface area (Å²) in [6.07, 6.45) is 2.48. The van der Waals surface area contributed by atoms with Crippen LogP contribution in [0.1, 0.15) is 29.0 Å². The van der Waals surface area contributed by atoms with Gasteiger partial charge in [-0.05, 0) is 36.8 Å². The minimum atomic E-state index is 0.773. The Kier molecular flexibility index (Phi) is 2.42. The van der Waals surface area contributed by atoms with Crippen LogP contribution in [0.5, 0.6) is 0 Å². The molecule has 0 aromatic carbocycles. The van der Waals surface area contributed by atoms with E-state index in [-0.39, 0.29) is 0 Å². The molecule has 1 aliphatic rings. The summed E-state index contributed by atoms with van der Waals surface area (Å²) in [5, 5.41) is 0. The zero-order chi connectivity index (χ0) is 8.55. The van der Waals surface area contributed by atoms with E-state index in [0.717, 1.165) is 17.7 Å². The number of rotatable bonds is 3. The fourth-order valence-corrected chi connectivity index (χ4v) is 3.05. The number of thiophene rings is 1. The lowest BCUT2D eigenvalue weighted by Crippen LogP contribution is -1.78. The van der Waals surface area contributed by atoms with Crippen LogP contribution in [0, 0.1) is 5.92 Å². The van der Waals surface area contributed by atoms with Crippen LogP contribution in [0.2, 0.25) is 0 Å². The van der Waals surface area contributed by atoms with Crippen molar-refractivity contribution in [1.29, 1.82) is 0 Å². The number of hydrogen-bond acceptors (Lipinski definition) is 1. The summed E-state index contributed by atoms with van der Waals surface area (Å²) < 4.78 is 0. The molecular formula is C10H13ClS. The summed E-state index contributed by atoms with van der Waals surface area (Å²) >= 11 is 7.75. The minimum Gasteiger partial charge on any atom is -0.145 e. The Morgan fingerprint density at radius 2 is 2.42 bits per heavy atom. The maximum absolute atomic E-state index is 5.79. The van der Waals surface area contributed by atoms with Gasteiger partial charge in [-0.15, -0.1) is 22.9 Å². The monoisotopic (exact) mass is 200 g/mol. The second-order valence-corrected chi connectivity index (χ2v) is 4.92. The van der Waals surface area contributed by atoms with Crippen LogP contribution in [0.15, 0.2) is 12.1 Å². The Labute approximate surface area is 82.6 Å². The van der Waals surface area contributed by atoms with Crippen molar-refractivity contribution >= 4 is 22.9 Å². The molecule has 1 aromatic rings. The highest BCUT2D eigenvalue weighted by Gasteiger charge is 2.38. The topological polar surface area (TPSA) is 0 Å². The average Bonchev–Trinajstić information content (AvgIpc) is 2.75. The van der Waals surface area contributed by atoms with Gasteiger partial charge in [0.05, 0.1) is 0 Å². The molecule has 1 fully saturated rings. The van der Waals surface area contributed by atoms with Gasteiger partial charge in [0, 0.05) is 15.6 Å². The van der Waals surface area contributed by atoms with Gasteiger partial charge < -0.3 is 0 Å². The van der Waals surface area contributed by atoms with Gasteiger partial charge in [-0.1, -0.05) is 6.92 Å². The van der Waals surface area contributed by atoms with E-state index in [0.29, 0.717) is 0 Å². The Morgan fingerprint density at radius 3 is 2.92 bits per heavy atom. The van der Waals surface area contributed by atoms with Gasteiger partial charge >= 0.3 is 0 Å². The van der Waals surface area contributed by atoms with Gasteiger partial charge in [-0.3, -0.25) is 0 Å². The molecule has 2 heteroatoms. The summed E-state index contributed by atoms with van der Waals surface area (Å²) in [5.74, 6) is 2.41. The van der Waals surface area contributed by atoms with E-state index in [2.05, 4.69) is 19.1 Å². The molecule has 0 radical (unpaired) electrons. The van der Waals surface area contributed by atoms with Gasteiger partial charge in [0.2, 0.25) is 0 Å². The Morgan fingerprint density at radius 1 is 1.58 bits per heavy atom. The summed E-state index contributed by atoms with van der Waals surface area (Å²) in [7, 11) is 0. The lowest BCUT2D eigenvalue weighted by Gasteiger charge is -1.90. The fraction of sp³-hybridized carbons (Fsp3) is 0.600. The molecule has 66 valence electrons. The quantitative estimate of drug-likeness (QED) is 0.654. The first-order valence-corrected chi connectivity index (χ1v) is 5.84. The zero-order valence-corrected chi connectivity index (χ0v) is 8.79. The molecule has 0 N–H and O–H groups in total. The molecule has 2 rings (SSSR count). The Balaban J connectivity index is 2.05. The maximum Gasteiger partial charge on any atom is 0.0258 e. The summed E-state index contributed by atoms with van der Waals surface area (Å²) in [6, 6.07) is 4.53. The first-order valence-electron chi connectivity index (χ1n) is 4.49. The van der Waals surface area contributed by atoms with E-state index in [9.17, 15) is 0 Å². The normalized spacial score (nSPS) is 27.5. The molecule has 0 amide bonds. The molecule has 2 atom stereocenters. The first kappa shape index (κ1) is 8.58. The molecule has 0 saturated heterocycles.